The molecule has 0 unspecified atom stereocenters. The fraction of sp³-hybridized carbons (Fsp3) is 0.385. The summed E-state index contributed by atoms with van der Waals surface area (Å²) in [5, 5.41) is 9.83. The molecule has 3 aromatic carbocycles. The number of nitrogens with one attached hydrogen (secondary N) is 3. The number of likely N-dealkylation sites (tertiary alicyclic amines) is 1. The van der Waals surface area contributed by atoms with E-state index in [1.54, 1.807) is 32.6 Å². The lowest BCUT2D eigenvalue weighted by molar-refractivity contribution is -0.120. The Morgan fingerprint density at radius 2 is 1.67 bits per heavy atom. The Labute approximate surface area is 325 Å². The molecule has 1 aromatic heterocycles. The Balaban J connectivity index is 0.910. The predicted molar refractivity (Wildman–Crippen MR) is 216 cm³/mol. The van der Waals surface area contributed by atoms with Gasteiger partial charge in [-0.1, -0.05) is 29.8 Å². The van der Waals surface area contributed by atoms with Crippen LogP contribution in [0.4, 0.5) is 43.7 Å². The lowest BCUT2D eigenvalue weighted by Gasteiger charge is -2.43. The molecule has 13 nitrogen and oxygen atoms in total. The monoisotopic (exact) mass is 789 g/mol. The van der Waals surface area contributed by atoms with Crippen LogP contribution < -0.4 is 35.8 Å². The third-order valence-electron chi connectivity index (χ3n) is 10.5. The number of halogens is 2. The van der Waals surface area contributed by atoms with Crippen molar-refractivity contribution in [1.82, 2.24) is 25.1 Å². The number of benzene rings is 3. The highest BCUT2D eigenvalue weighted by Crippen LogP contribution is 2.39. The summed E-state index contributed by atoms with van der Waals surface area (Å²) in [4.78, 5) is 41.3. The number of ether oxygens (including phenoxy) is 1. The Kier molecular flexibility index (Phi) is 11.6. The molecule has 3 fully saturated rings. The number of anilines is 6. The molecular weight excluding hydrogens is 744 g/mol. The number of hydrogen-bond donors (Lipinski definition) is 3. The van der Waals surface area contributed by atoms with Crippen LogP contribution in [0, 0.1) is 5.82 Å². The molecule has 3 saturated heterocycles. The highest BCUT2D eigenvalue weighted by atomic mass is 35.5. The van der Waals surface area contributed by atoms with Gasteiger partial charge in [0.1, 0.15) is 23.7 Å². The van der Waals surface area contributed by atoms with Crippen LogP contribution in [0.2, 0.25) is 5.02 Å². The van der Waals surface area contributed by atoms with Crippen LogP contribution >= 0.6 is 18.7 Å². The largest absolute Gasteiger partial charge is 0.494 e. The second kappa shape index (κ2) is 16.5. The van der Waals surface area contributed by atoms with Crippen molar-refractivity contribution in [2.24, 2.45) is 0 Å². The molecule has 7 rings (SSSR count). The summed E-state index contributed by atoms with van der Waals surface area (Å²) >= 11 is 6.46. The number of methoxy groups -OCH3 is 1. The van der Waals surface area contributed by atoms with Gasteiger partial charge >= 0.3 is 6.03 Å². The third kappa shape index (κ3) is 9.05. The number of carbonyl (C=O) groups is 2. The molecule has 3 aliphatic heterocycles. The van der Waals surface area contributed by atoms with E-state index in [-0.39, 0.29) is 24.7 Å². The van der Waals surface area contributed by atoms with Gasteiger partial charge in [-0.15, -0.1) is 0 Å². The number of aromatic nitrogens is 2. The molecule has 3 N–H and O–H groups in total. The van der Waals surface area contributed by atoms with Gasteiger partial charge in [0.2, 0.25) is 11.9 Å². The zero-order valence-electron chi connectivity index (χ0n) is 31.2. The van der Waals surface area contributed by atoms with Crippen LogP contribution in [0.5, 0.6) is 5.75 Å². The lowest BCUT2D eigenvalue weighted by atomic mass is 10.0. The normalized spacial score (nSPS) is 17.6. The minimum Gasteiger partial charge on any atom is -0.494 e. The first-order valence-electron chi connectivity index (χ1n) is 18.5. The molecule has 0 radical (unpaired) electrons. The zero-order valence-corrected chi connectivity index (χ0v) is 32.9. The molecule has 0 saturated carbocycles. The minimum absolute atomic E-state index is 0.198. The van der Waals surface area contributed by atoms with E-state index in [4.69, 9.17) is 16.3 Å². The molecule has 0 aliphatic carbocycles. The van der Waals surface area contributed by atoms with E-state index in [1.807, 2.05) is 36.4 Å². The SMILES string of the molecule is COc1cc(N2CCN(C3CCN(Cc4ccc(N5CCC(=O)NC5=O)cc4F)CC3)CC2)ccc1Nc1ncc(Cl)c(Nc2ccccc2P(C)(C)=O)n1. The topological polar surface area (TPSA) is 135 Å². The molecule has 3 aliphatic rings. The summed E-state index contributed by atoms with van der Waals surface area (Å²) in [7, 11) is -0.913. The second-order valence-electron chi connectivity index (χ2n) is 14.5. The van der Waals surface area contributed by atoms with E-state index in [0.717, 1.165) is 57.8 Å². The summed E-state index contributed by atoms with van der Waals surface area (Å²) < 4.78 is 33.8. The van der Waals surface area contributed by atoms with Crippen molar-refractivity contribution in [2.75, 3.05) is 86.7 Å². The summed E-state index contributed by atoms with van der Waals surface area (Å²) in [5.41, 5.74) is 3.51. The molecule has 4 aromatic rings. The molecule has 0 atom stereocenters. The average Bonchev–Trinajstić information content (AvgIpc) is 3.17. The van der Waals surface area contributed by atoms with Gasteiger partial charge in [0.05, 0.1) is 24.7 Å². The fourth-order valence-corrected chi connectivity index (χ4v) is 8.76. The van der Waals surface area contributed by atoms with Crippen LogP contribution in [0.3, 0.4) is 0 Å². The number of piperazine rings is 1. The standard InChI is InChI=1S/C39H46ClFN9O4P/c1-54-34-23-28(10-11-32(34)44-38-42-24-30(40)37(46-38)43-33-6-4-5-7-35(33)55(2,3)53)49-20-18-48(19-21-49)27-12-15-47(16-13-27)25-26-8-9-29(22-31(26)41)50-17-14-36(51)45-39(50)52/h4-11,22-24,27H,12-21,25H2,1-3H3,(H,45,51,52)(H2,42,43,44,46). The third-order valence-corrected chi connectivity index (χ3v) is 12.3. The summed E-state index contributed by atoms with van der Waals surface area (Å²) in [6.45, 7) is 9.65. The van der Waals surface area contributed by atoms with Crippen LogP contribution in [0.1, 0.15) is 24.8 Å². The maximum Gasteiger partial charge on any atom is 0.328 e. The maximum absolute atomic E-state index is 15.1. The summed E-state index contributed by atoms with van der Waals surface area (Å²) in [5.74, 6) is 0.724. The number of hydrogen-bond acceptors (Lipinski definition) is 11. The zero-order chi connectivity index (χ0) is 38.7. The van der Waals surface area contributed by atoms with E-state index in [1.165, 1.54) is 17.2 Å². The minimum atomic E-state index is -2.55. The number of nitrogens with zero attached hydrogens (tertiary/aromatic N) is 6. The van der Waals surface area contributed by atoms with Crippen molar-refractivity contribution in [3.8, 4) is 5.75 Å². The van der Waals surface area contributed by atoms with Gasteiger partial charge in [0.15, 0.2) is 5.82 Å². The molecule has 290 valence electrons. The van der Waals surface area contributed by atoms with Gasteiger partial charge in [0, 0.05) is 80.0 Å². The van der Waals surface area contributed by atoms with Crippen molar-refractivity contribution in [3.05, 3.63) is 83.3 Å². The van der Waals surface area contributed by atoms with Crippen LogP contribution in [0.25, 0.3) is 0 Å². The molecule has 16 heteroatoms. The first kappa shape index (κ1) is 38.5. The number of imide groups is 1. The number of urea groups is 1. The number of rotatable bonds is 11. The van der Waals surface area contributed by atoms with Gasteiger partial charge in [-0.3, -0.25) is 24.8 Å². The number of carbonyl (C=O) groups excluding carboxylic acids is 2. The van der Waals surface area contributed by atoms with E-state index >= 15 is 4.39 Å². The van der Waals surface area contributed by atoms with Crippen LogP contribution in [-0.4, -0.2) is 104 Å². The highest BCUT2D eigenvalue weighted by Gasteiger charge is 2.29. The molecule has 3 amide bonds. The van der Waals surface area contributed by atoms with E-state index < -0.39 is 13.2 Å². The predicted octanol–water partition coefficient (Wildman–Crippen LogP) is 6.25. The quantitative estimate of drug-likeness (QED) is 0.149. The Morgan fingerprint density at radius 3 is 2.38 bits per heavy atom. The van der Waals surface area contributed by atoms with Crippen LogP contribution in [0.15, 0.2) is 66.9 Å². The summed E-state index contributed by atoms with van der Waals surface area (Å²) in [6, 6.07) is 18.3. The number of amides is 3. The highest BCUT2D eigenvalue weighted by molar-refractivity contribution is 7.70. The second-order valence-corrected chi connectivity index (χ2v) is 18.0. The average molecular weight is 790 g/mol. The van der Waals surface area contributed by atoms with Crippen molar-refractivity contribution in [3.63, 3.8) is 0 Å². The molecular formula is C39H46ClFN9O4P. The van der Waals surface area contributed by atoms with Gasteiger partial charge in [-0.2, -0.15) is 4.98 Å². The number of piperidine rings is 1. The molecule has 4 heterocycles. The van der Waals surface area contributed by atoms with E-state index in [2.05, 4.69) is 46.7 Å². The maximum atomic E-state index is 15.1. The molecule has 0 bridgehead atoms. The van der Waals surface area contributed by atoms with Crippen LogP contribution in [-0.2, 0) is 15.9 Å². The van der Waals surface area contributed by atoms with Gasteiger partial charge in [-0.05, 0) is 75.7 Å². The molecule has 55 heavy (non-hydrogen) atoms. The number of para-hydroxylation sites is 1. The Hall–Kier alpha value is -4.75. The Bertz CT molecular complexity index is 2100. The summed E-state index contributed by atoms with van der Waals surface area (Å²) in [6.07, 6.45) is 3.76. The molecule has 0 spiro atoms. The first-order chi connectivity index (χ1) is 26.4. The van der Waals surface area contributed by atoms with Gasteiger partial charge in [-0.25, -0.2) is 14.2 Å². The van der Waals surface area contributed by atoms with E-state index in [9.17, 15) is 14.2 Å². The van der Waals surface area contributed by atoms with Gasteiger partial charge < -0.3 is 24.8 Å². The van der Waals surface area contributed by atoms with Crippen molar-refractivity contribution in [1.29, 1.82) is 0 Å². The van der Waals surface area contributed by atoms with E-state index in [0.29, 0.717) is 63.1 Å². The Morgan fingerprint density at radius 1 is 0.927 bits per heavy atom. The fourth-order valence-electron chi connectivity index (χ4n) is 7.46. The van der Waals surface area contributed by atoms with Gasteiger partial charge in [0.25, 0.3) is 0 Å². The van der Waals surface area contributed by atoms with Crippen molar-refractivity contribution >= 4 is 70.5 Å². The van der Waals surface area contributed by atoms with Crippen molar-refractivity contribution in [2.45, 2.75) is 31.8 Å². The smallest absolute Gasteiger partial charge is 0.328 e. The van der Waals surface area contributed by atoms with Crippen molar-refractivity contribution < 1.29 is 23.3 Å². The lowest BCUT2D eigenvalue weighted by Crippen LogP contribution is -2.53. The first-order valence-corrected chi connectivity index (χ1v) is 21.4.